The Morgan fingerprint density at radius 2 is 1.77 bits per heavy atom. The van der Waals surface area contributed by atoms with Crippen molar-refractivity contribution in [3.05, 3.63) is 59.7 Å². The Bertz CT molecular complexity index is 936. The number of amides is 1. The van der Waals surface area contributed by atoms with Crippen LogP contribution in [0.1, 0.15) is 34.1 Å². The minimum absolute atomic E-state index is 0.0243. The van der Waals surface area contributed by atoms with Crippen molar-refractivity contribution in [1.29, 1.82) is 0 Å². The van der Waals surface area contributed by atoms with Crippen LogP contribution >= 0.6 is 11.8 Å². The van der Waals surface area contributed by atoms with Crippen molar-refractivity contribution in [3.8, 4) is 0 Å². The molecule has 1 saturated heterocycles. The highest BCUT2D eigenvalue weighted by Gasteiger charge is 2.29. The number of rotatable bonds is 5. The van der Waals surface area contributed by atoms with Crippen LogP contribution in [0.15, 0.2) is 53.4 Å². The lowest BCUT2D eigenvalue weighted by molar-refractivity contribution is 0.101. The minimum atomic E-state index is -2.96. The lowest BCUT2D eigenvalue weighted by Gasteiger charge is -2.13. The molecule has 5 nitrogen and oxygen atoms in total. The van der Waals surface area contributed by atoms with E-state index in [0.29, 0.717) is 23.2 Å². The van der Waals surface area contributed by atoms with Gasteiger partial charge in [-0.15, -0.1) is 11.8 Å². The molecule has 2 aromatic rings. The first-order valence-corrected chi connectivity index (χ1v) is 10.9. The highest BCUT2D eigenvalue weighted by molar-refractivity contribution is 8.02. The van der Waals surface area contributed by atoms with Gasteiger partial charge in [-0.25, -0.2) is 8.42 Å². The second-order valence-corrected chi connectivity index (χ2v) is 9.80. The number of benzene rings is 2. The summed E-state index contributed by atoms with van der Waals surface area (Å²) < 4.78 is 23.3. The van der Waals surface area contributed by atoms with Gasteiger partial charge in [-0.1, -0.05) is 12.1 Å². The number of carbonyl (C=O) groups excluding carboxylic acids is 2. The van der Waals surface area contributed by atoms with E-state index in [2.05, 4.69) is 5.32 Å². The molecule has 0 aliphatic carbocycles. The van der Waals surface area contributed by atoms with Crippen LogP contribution in [0, 0.1) is 0 Å². The highest BCUT2D eigenvalue weighted by atomic mass is 32.2. The van der Waals surface area contributed by atoms with Gasteiger partial charge in [0.1, 0.15) is 0 Å². The molecular weight excluding hydrogens is 370 g/mol. The molecule has 3 rings (SSSR count). The van der Waals surface area contributed by atoms with E-state index in [1.54, 1.807) is 36.4 Å². The van der Waals surface area contributed by atoms with E-state index in [-0.39, 0.29) is 28.4 Å². The van der Waals surface area contributed by atoms with Crippen molar-refractivity contribution in [2.24, 2.45) is 0 Å². The molecule has 7 heteroatoms. The molecule has 0 saturated carbocycles. The number of ketones is 1. The van der Waals surface area contributed by atoms with Crippen molar-refractivity contribution < 1.29 is 18.0 Å². The zero-order valence-electron chi connectivity index (χ0n) is 14.3. The standard InChI is InChI=1S/C19H19NO4S2/c1-13(21)14-6-8-15(9-7-14)20-19(22)17-4-2-3-5-18(17)25-16-10-11-26(23,24)12-16/h2-9,16H,10-12H2,1H3,(H,20,22)/t16-/m1/s1. The second kappa shape index (κ2) is 7.63. The number of carbonyl (C=O) groups is 2. The van der Waals surface area contributed by atoms with E-state index in [0.717, 1.165) is 4.90 Å². The van der Waals surface area contributed by atoms with Gasteiger partial charge in [0.2, 0.25) is 0 Å². The van der Waals surface area contributed by atoms with Crippen LogP contribution < -0.4 is 5.32 Å². The normalized spacial score (nSPS) is 18.4. The van der Waals surface area contributed by atoms with Gasteiger partial charge in [0.25, 0.3) is 5.91 Å². The zero-order chi connectivity index (χ0) is 18.7. The molecule has 1 atom stereocenters. The predicted octanol–water partition coefficient (Wildman–Crippen LogP) is 3.42. The smallest absolute Gasteiger partial charge is 0.256 e. The van der Waals surface area contributed by atoms with E-state index in [1.165, 1.54) is 18.7 Å². The van der Waals surface area contributed by atoms with Gasteiger partial charge < -0.3 is 5.32 Å². The van der Waals surface area contributed by atoms with E-state index in [9.17, 15) is 18.0 Å². The summed E-state index contributed by atoms with van der Waals surface area (Å²) in [4.78, 5) is 24.7. The first kappa shape index (κ1) is 18.7. The van der Waals surface area contributed by atoms with E-state index in [1.807, 2.05) is 12.1 Å². The molecule has 0 bridgehead atoms. The number of sulfone groups is 1. The maximum absolute atomic E-state index is 12.6. The molecule has 0 radical (unpaired) electrons. The van der Waals surface area contributed by atoms with Crippen LogP contribution in [0.4, 0.5) is 5.69 Å². The van der Waals surface area contributed by atoms with Crippen LogP contribution in [0.3, 0.4) is 0 Å². The van der Waals surface area contributed by atoms with Gasteiger partial charge in [-0.2, -0.15) is 0 Å². The Morgan fingerprint density at radius 3 is 2.38 bits per heavy atom. The summed E-state index contributed by atoms with van der Waals surface area (Å²) in [6.07, 6.45) is 0.607. The molecule has 136 valence electrons. The Morgan fingerprint density at radius 1 is 1.08 bits per heavy atom. The van der Waals surface area contributed by atoms with Crippen LogP contribution in [0.2, 0.25) is 0 Å². The first-order valence-electron chi connectivity index (χ1n) is 8.22. The molecule has 1 N–H and O–H groups in total. The molecule has 0 aromatic heterocycles. The quantitative estimate of drug-likeness (QED) is 0.793. The molecule has 0 spiro atoms. The number of thioether (sulfide) groups is 1. The average Bonchev–Trinajstić information content (AvgIpc) is 2.94. The topological polar surface area (TPSA) is 80.3 Å². The summed E-state index contributed by atoms with van der Waals surface area (Å²) in [6, 6.07) is 13.9. The predicted molar refractivity (Wildman–Crippen MR) is 104 cm³/mol. The Hall–Kier alpha value is -2.12. The lowest BCUT2D eigenvalue weighted by atomic mass is 10.1. The van der Waals surface area contributed by atoms with E-state index >= 15 is 0 Å². The maximum Gasteiger partial charge on any atom is 0.256 e. The molecule has 1 amide bonds. The lowest BCUT2D eigenvalue weighted by Crippen LogP contribution is -2.14. The number of anilines is 1. The van der Waals surface area contributed by atoms with Crippen molar-refractivity contribution in [1.82, 2.24) is 0 Å². The first-order chi connectivity index (χ1) is 12.3. The van der Waals surface area contributed by atoms with Gasteiger partial charge in [0.15, 0.2) is 15.6 Å². The zero-order valence-corrected chi connectivity index (χ0v) is 15.9. The van der Waals surface area contributed by atoms with Gasteiger partial charge in [0, 0.05) is 21.4 Å². The Kier molecular flexibility index (Phi) is 5.48. The second-order valence-electron chi connectivity index (χ2n) is 6.23. The maximum atomic E-state index is 12.6. The molecule has 26 heavy (non-hydrogen) atoms. The molecule has 1 fully saturated rings. The number of hydrogen-bond donors (Lipinski definition) is 1. The minimum Gasteiger partial charge on any atom is -0.322 e. The average molecular weight is 389 g/mol. The molecule has 1 aliphatic rings. The monoisotopic (exact) mass is 389 g/mol. The molecule has 2 aromatic carbocycles. The third-order valence-corrected chi connectivity index (χ3v) is 7.49. The number of hydrogen-bond acceptors (Lipinski definition) is 5. The largest absolute Gasteiger partial charge is 0.322 e. The van der Waals surface area contributed by atoms with Crippen LogP contribution in [0.25, 0.3) is 0 Å². The summed E-state index contributed by atoms with van der Waals surface area (Å²) in [6.45, 7) is 1.49. The van der Waals surface area contributed by atoms with Crippen molar-refractivity contribution in [2.75, 3.05) is 16.8 Å². The number of Topliss-reactive ketones (excluding diaryl/α,β-unsaturated/α-hetero) is 1. The fraction of sp³-hybridized carbons (Fsp3) is 0.263. The van der Waals surface area contributed by atoms with Gasteiger partial charge >= 0.3 is 0 Å². The molecule has 1 heterocycles. The summed E-state index contributed by atoms with van der Waals surface area (Å²) in [5.74, 6) is 0.0717. The molecular formula is C19H19NO4S2. The summed E-state index contributed by atoms with van der Waals surface area (Å²) in [5, 5.41) is 2.80. The molecule has 0 unspecified atom stereocenters. The fourth-order valence-corrected chi connectivity index (χ4v) is 6.40. The van der Waals surface area contributed by atoms with E-state index in [4.69, 9.17) is 0 Å². The van der Waals surface area contributed by atoms with Gasteiger partial charge in [-0.05, 0) is 49.7 Å². The third-order valence-electron chi connectivity index (χ3n) is 4.17. The fourth-order valence-electron chi connectivity index (χ4n) is 2.78. The summed E-state index contributed by atoms with van der Waals surface area (Å²) >= 11 is 1.44. The SMILES string of the molecule is CC(=O)c1ccc(NC(=O)c2ccccc2S[C@@H]2CCS(=O)(=O)C2)cc1. The van der Waals surface area contributed by atoms with Crippen molar-refractivity contribution in [3.63, 3.8) is 0 Å². The van der Waals surface area contributed by atoms with Crippen molar-refractivity contribution >= 4 is 39.0 Å². The Balaban J connectivity index is 1.74. The van der Waals surface area contributed by atoms with Crippen LogP contribution in [-0.2, 0) is 9.84 Å². The van der Waals surface area contributed by atoms with Gasteiger partial charge in [-0.3, -0.25) is 9.59 Å². The Labute approximate surface area is 157 Å². The van der Waals surface area contributed by atoms with Crippen LogP contribution in [-0.4, -0.2) is 36.9 Å². The van der Waals surface area contributed by atoms with Crippen molar-refractivity contribution in [2.45, 2.75) is 23.5 Å². The van der Waals surface area contributed by atoms with Crippen LogP contribution in [0.5, 0.6) is 0 Å². The van der Waals surface area contributed by atoms with E-state index < -0.39 is 9.84 Å². The molecule has 1 aliphatic heterocycles. The van der Waals surface area contributed by atoms with Gasteiger partial charge in [0.05, 0.1) is 17.1 Å². The summed E-state index contributed by atoms with van der Waals surface area (Å²) in [7, 11) is -2.96. The number of nitrogens with one attached hydrogen (secondary N) is 1. The third kappa shape index (κ3) is 4.53. The highest BCUT2D eigenvalue weighted by Crippen LogP contribution is 2.33. The summed E-state index contributed by atoms with van der Waals surface area (Å²) in [5.41, 5.74) is 1.70.